The molecule has 1 unspecified atom stereocenters. The van der Waals surface area contributed by atoms with Gasteiger partial charge in [-0.05, 0) is 52.3 Å². The van der Waals surface area contributed by atoms with Crippen LogP contribution in [-0.4, -0.2) is 53.8 Å². The molecule has 8 heteroatoms. The number of rotatable bonds is 5. The van der Waals surface area contributed by atoms with Gasteiger partial charge in [-0.15, -0.1) is 0 Å². The van der Waals surface area contributed by atoms with Crippen molar-refractivity contribution in [3.63, 3.8) is 0 Å². The van der Waals surface area contributed by atoms with Crippen LogP contribution in [0.25, 0.3) is 10.9 Å². The lowest BCUT2D eigenvalue weighted by Crippen LogP contribution is -2.34. The summed E-state index contributed by atoms with van der Waals surface area (Å²) in [5.74, 6) is -1.51. The Balaban J connectivity index is 1.85. The Bertz CT molecular complexity index is 1050. The molecule has 2 heterocycles. The first-order valence-corrected chi connectivity index (χ1v) is 10.3. The first kappa shape index (κ1) is 20.2. The van der Waals surface area contributed by atoms with Gasteiger partial charge in [0.1, 0.15) is 11.4 Å². The molecule has 1 aliphatic heterocycles. The highest BCUT2D eigenvalue weighted by molar-refractivity contribution is 6.38. The zero-order valence-corrected chi connectivity index (χ0v) is 17.5. The number of carboxylic acids is 1. The minimum Gasteiger partial charge on any atom is -0.477 e. The van der Waals surface area contributed by atoms with Crippen molar-refractivity contribution in [3.8, 4) is 0 Å². The molecule has 1 aromatic carbocycles. The third-order valence-electron chi connectivity index (χ3n) is 6.39. The molecule has 0 amide bonds. The van der Waals surface area contributed by atoms with Crippen molar-refractivity contribution >= 4 is 34.2 Å². The molecular weight excluding hydrogens is 397 g/mol. The van der Waals surface area contributed by atoms with Crippen LogP contribution >= 0.6 is 11.6 Å². The van der Waals surface area contributed by atoms with Gasteiger partial charge in [-0.3, -0.25) is 4.79 Å². The Kier molecular flexibility index (Phi) is 5.07. The summed E-state index contributed by atoms with van der Waals surface area (Å²) >= 11 is 6.70. The summed E-state index contributed by atoms with van der Waals surface area (Å²) in [5.41, 5.74) is -0.305. The van der Waals surface area contributed by atoms with Crippen molar-refractivity contribution < 1.29 is 14.3 Å². The number of fused-ring (bicyclic) bond motifs is 1. The zero-order chi connectivity index (χ0) is 21.0. The van der Waals surface area contributed by atoms with Crippen LogP contribution in [0.1, 0.15) is 42.6 Å². The van der Waals surface area contributed by atoms with Crippen LogP contribution in [-0.2, 0) is 0 Å². The van der Waals surface area contributed by atoms with Gasteiger partial charge in [0.15, 0.2) is 0 Å². The highest BCUT2D eigenvalue weighted by Crippen LogP contribution is 2.43. The SMILES string of the molecule is C[C@H](C1CCN(c2c(F)cc3c(=O)c(C(=O)O)cn(C4CC4)c3c2Cl)C1)N(C)C. The number of benzene rings is 1. The van der Waals surface area contributed by atoms with Crippen molar-refractivity contribution in [2.24, 2.45) is 5.92 Å². The first-order valence-electron chi connectivity index (χ1n) is 9.92. The maximum absolute atomic E-state index is 15.1. The number of hydrogen-bond donors (Lipinski definition) is 1. The van der Waals surface area contributed by atoms with Crippen LogP contribution in [0.4, 0.5) is 10.1 Å². The number of carboxylic acid groups (broad SMARTS) is 1. The van der Waals surface area contributed by atoms with E-state index in [0.29, 0.717) is 36.3 Å². The summed E-state index contributed by atoms with van der Waals surface area (Å²) in [6, 6.07) is 1.60. The molecule has 1 N–H and O–H groups in total. The van der Waals surface area contributed by atoms with E-state index in [1.807, 2.05) is 19.0 Å². The molecule has 1 saturated carbocycles. The highest BCUT2D eigenvalue weighted by Gasteiger charge is 2.33. The second kappa shape index (κ2) is 7.29. The van der Waals surface area contributed by atoms with Crippen molar-refractivity contribution in [1.29, 1.82) is 0 Å². The molecule has 4 rings (SSSR count). The van der Waals surface area contributed by atoms with Crippen LogP contribution in [0.5, 0.6) is 0 Å². The largest absolute Gasteiger partial charge is 0.477 e. The molecule has 0 spiro atoms. The predicted octanol–water partition coefficient (Wildman–Crippen LogP) is 3.60. The molecule has 1 aliphatic carbocycles. The summed E-state index contributed by atoms with van der Waals surface area (Å²) in [6.07, 6.45) is 4.05. The van der Waals surface area contributed by atoms with Crippen molar-refractivity contribution in [2.75, 3.05) is 32.1 Å². The van der Waals surface area contributed by atoms with Gasteiger partial charge in [-0.2, -0.15) is 0 Å². The van der Waals surface area contributed by atoms with Gasteiger partial charge < -0.3 is 19.5 Å². The van der Waals surface area contributed by atoms with Crippen LogP contribution in [0.3, 0.4) is 0 Å². The van der Waals surface area contributed by atoms with Gasteiger partial charge in [0.2, 0.25) is 5.43 Å². The standard InChI is InChI=1S/C21H25ClFN3O3/c1-11(24(2)3)12-6-7-25(9-12)19-16(23)8-14-18(17(19)22)26(13-4-5-13)10-15(20(14)27)21(28)29/h8,10-13H,4-7,9H2,1-3H3,(H,28,29)/t11-,12?/m1/s1. The second-order valence-electron chi connectivity index (χ2n) is 8.43. The number of halogens is 2. The molecule has 2 aliphatic rings. The van der Waals surface area contributed by atoms with E-state index in [1.54, 1.807) is 4.57 Å². The van der Waals surface area contributed by atoms with E-state index in [1.165, 1.54) is 6.20 Å². The molecule has 2 aromatic rings. The van der Waals surface area contributed by atoms with E-state index in [9.17, 15) is 14.7 Å². The molecule has 2 fully saturated rings. The van der Waals surface area contributed by atoms with E-state index in [4.69, 9.17) is 11.6 Å². The summed E-state index contributed by atoms with van der Waals surface area (Å²) < 4.78 is 16.9. The summed E-state index contributed by atoms with van der Waals surface area (Å²) in [5, 5.41) is 9.61. The molecule has 6 nitrogen and oxygen atoms in total. The normalized spacial score (nSPS) is 20.6. The third-order valence-corrected chi connectivity index (χ3v) is 6.75. The van der Waals surface area contributed by atoms with Crippen LogP contribution in [0.15, 0.2) is 17.1 Å². The number of pyridine rings is 1. The first-order chi connectivity index (χ1) is 13.7. The van der Waals surface area contributed by atoms with E-state index >= 15 is 4.39 Å². The maximum Gasteiger partial charge on any atom is 0.341 e. The van der Waals surface area contributed by atoms with Crippen LogP contribution in [0, 0.1) is 11.7 Å². The second-order valence-corrected chi connectivity index (χ2v) is 8.81. The van der Waals surface area contributed by atoms with E-state index < -0.39 is 17.2 Å². The molecule has 156 valence electrons. The molecule has 1 aromatic heterocycles. The summed E-state index contributed by atoms with van der Waals surface area (Å²) in [7, 11) is 4.07. The van der Waals surface area contributed by atoms with Crippen LogP contribution < -0.4 is 10.3 Å². The molecule has 0 radical (unpaired) electrons. The summed E-state index contributed by atoms with van der Waals surface area (Å²) in [6.45, 7) is 3.53. The number of aromatic nitrogens is 1. The Hall–Kier alpha value is -2.12. The fourth-order valence-corrected chi connectivity index (χ4v) is 4.73. The summed E-state index contributed by atoms with van der Waals surface area (Å²) in [4.78, 5) is 28.3. The lowest BCUT2D eigenvalue weighted by molar-refractivity contribution is 0.0695. The van der Waals surface area contributed by atoms with Gasteiger partial charge in [-0.25, -0.2) is 9.18 Å². The van der Waals surface area contributed by atoms with Gasteiger partial charge in [0.05, 0.1) is 21.6 Å². The highest BCUT2D eigenvalue weighted by atomic mass is 35.5. The van der Waals surface area contributed by atoms with Crippen molar-refractivity contribution in [2.45, 2.75) is 38.3 Å². The molecule has 2 atom stereocenters. The third kappa shape index (κ3) is 3.40. The Labute approximate surface area is 173 Å². The van der Waals surface area contributed by atoms with Crippen LogP contribution in [0.2, 0.25) is 5.02 Å². The Morgan fingerprint density at radius 2 is 2.03 bits per heavy atom. The number of nitrogens with zero attached hydrogens (tertiary/aromatic N) is 3. The van der Waals surface area contributed by atoms with Gasteiger partial charge >= 0.3 is 5.97 Å². The quantitative estimate of drug-likeness (QED) is 0.799. The zero-order valence-electron chi connectivity index (χ0n) is 16.8. The number of carbonyl (C=O) groups is 1. The molecule has 1 saturated heterocycles. The lowest BCUT2D eigenvalue weighted by atomic mass is 10.00. The predicted molar refractivity (Wildman–Crippen MR) is 112 cm³/mol. The number of aromatic carboxylic acids is 1. The fraction of sp³-hybridized carbons (Fsp3) is 0.524. The average molecular weight is 422 g/mol. The molecule has 0 bridgehead atoms. The van der Waals surface area contributed by atoms with Gasteiger partial charge in [0, 0.05) is 31.4 Å². The monoisotopic (exact) mass is 421 g/mol. The van der Waals surface area contributed by atoms with E-state index in [-0.39, 0.29) is 22.0 Å². The minimum absolute atomic E-state index is 0.0282. The smallest absolute Gasteiger partial charge is 0.341 e. The topological polar surface area (TPSA) is 65.8 Å². The van der Waals surface area contributed by atoms with E-state index in [0.717, 1.165) is 25.3 Å². The average Bonchev–Trinajstić information content (AvgIpc) is 3.39. The Morgan fingerprint density at radius 3 is 2.62 bits per heavy atom. The fourth-order valence-electron chi connectivity index (χ4n) is 4.32. The lowest BCUT2D eigenvalue weighted by Gasteiger charge is -2.27. The molecule has 29 heavy (non-hydrogen) atoms. The number of hydrogen-bond acceptors (Lipinski definition) is 4. The number of anilines is 1. The van der Waals surface area contributed by atoms with Gasteiger partial charge in [0.25, 0.3) is 0 Å². The van der Waals surface area contributed by atoms with Gasteiger partial charge in [-0.1, -0.05) is 11.6 Å². The molecular formula is C21H25ClFN3O3. The van der Waals surface area contributed by atoms with Crippen molar-refractivity contribution in [3.05, 3.63) is 38.9 Å². The maximum atomic E-state index is 15.1. The Morgan fingerprint density at radius 1 is 1.34 bits per heavy atom. The van der Waals surface area contributed by atoms with E-state index in [2.05, 4.69) is 11.8 Å². The van der Waals surface area contributed by atoms with Crippen molar-refractivity contribution in [1.82, 2.24) is 9.47 Å². The minimum atomic E-state index is -1.31.